The number of halogens is 2. The number of ether oxygens (including phenoxy) is 1. The fourth-order valence-electron chi connectivity index (χ4n) is 4.69. The predicted octanol–water partition coefficient (Wildman–Crippen LogP) is 7.72. The maximum Gasteiger partial charge on any atom is 0.335 e. The zero-order valence-electron chi connectivity index (χ0n) is 23.1. The van der Waals surface area contributed by atoms with E-state index in [4.69, 9.17) is 21.4 Å². The Kier molecular flexibility index (Phi) is 11.1. The molecule has 218 valence electrons. The van der Waals surface area contributed by atoms with Crippen molar-refractivity contribution < 1.29 is 28.9 Å². The van der Waals surface area contributed by atoms with Crippen molar-refractivity contribution >= 4 is 23.5 Å². The Hall–Kier alpha value is -4.20. The lowest BCUT2D eigenvalue weighted by atomic mass is 10.0. The van der Waals surface area contributed by atoms with Crippen LogP contribution in [0.25, 0.3) is 11.1 Å². The number of carbonyl (C=O) groups is 2. The summed E-state index contributed by atoms with van der Waals surface area (Å²) in [5.74, 6) is -1.42. The smallest absolute Gasteiger partial charge is 0.335 e. The van der Waals surface area contributed by atoms with Crippen molar-refractivity contribution in [1.29, 1.82) is 0 Å². The Bertz CT molecular complexity index is 1470. The monoisotopic (exact) mass is 589 g/mol. The Morgan fingerprint density at radius 2 is 1.45 bits per heavy atom. The van der Waals surface area contributed by atoms with Crippen molar-refractivity contribution in [3.05, 3.63) is 124 Å². The van der Waals surface area contributed by atoms with E-state index in [1.54, 1.807) is 30.3 Å². The molecule has 0 saturated carbocycles. The van der Waals surface area contributed by atoms with E-state index in [0.29, 0.717) is 49.7 Å². The van der Waals surface area contributed by atoms with Crippen molar-refractivity contribution in [2.75, 3.05) is 13.1 Å². The Morgan fingerprint density at radius 3 is 2.10 bits per heavy atom. The number of aromatic carboxylic acids is 1. The van der Waals surface area contributed by atoms with Crippen molar-refractivity contribution in [1.82, 2.24) is 4.90 Å². The minimum atomic E-state index is -0.981. The number of benzene rings is 4. The Morgan fingerprint density at radius 1 is 0.786 bits per heavy atom. The first-order valence-corrected chi connectivity index (χ1v) is 14.2. The van der Waals surface area contributed by atoms with Crippen LogP contribution in [0.15, 0.2) is 91.0 Å². The molecule has 4 aromatic rings. The largest absolute Gasteiger partial charge is 0.489 e. The molecule has 0 unspecified atom stereocenters. The highest BCUT2D eigenvalue weighted by Gasteiger charge is 2.12. The first kappa shape index (κ1) is 30.8. The molecule has 2 N–H and O–H groups in total. The second-order valence-corrected chi connectivity index (χ2v) is 10.5. The summed E-state index contributed by atoms with van der Waals surface area (Å²) in [4.78, 5) is 24.3. The van der Waals surface area contributed by atoms with E-state index in [1.165, 1.54) is 12.1 Å². The zero-order chi connectivity index (χ0) is 29.9. The van der Waals surface area contributed by atoms with E-state index in [2.05, 4.69) is 4.90 Å². The number of hydrogen-bond donors (Lipinski definition) is 2. The third-order valence-corrected chi connectivity index (χ3v) is 7.27. The highest BCUT2D eigenvalue weighted by molar-refractivity contribution is 6.30. The predicted molar refractivity (Wildman–Crippen MR) is 161 cm³/mol. The maximum atomic E-state index is 14.3. The Labute approximate surface area is 250 Å². The summed E-state index contributed by atoms with van der Waals surface area (Å²) in [6.45, 7) is 2.12. The van der Waals surface area contributed by atoms with E-state index in [-0.39, 0.29) is 24.4 Å². The molecule has 0 aliphatic rings. The van der Waals surface area contributed by atoms with Gasteiger partial charge in [-0.1, -0.05) is 54.1 Å². The van der Waals surface area contributed by atoms with Crippen LogP contribution in [0.1, 0.15) is 46.3 Å². The van der Waals surface area contributed by atoms with Crippen LogP contribution in [0, 0.1) is 5.82 Å². The van der Waals surface area contributed by atoms with E-state index >= 15 is 0 Å². The van der Waals surface area contributed by atoms with Gasteiger partial charge in [0.2, 0.25) is 0 Å². The second-order valence-electron chi connectivity index (χ2n) is 10.1. The highest BCUT2D eigenvalue weighted by atomic mass is 35.5. The van der Waals surface area contributed by atoms with E-state index < -0.39 is 11.9 Å². The average molecular weight is 590 g/mol. The van der Waals surface area contributed by atoms with Crippen LogP contribution in [0.4, 0.5) is 4.39 Å². The van der Waals surface area contributed by atoms with Crippen molar-refractivity contribution in [3.8, 4) is 16.9 Å². The summed E-state index contributed by atoms with van der Waals surface area (Å²) in [7, 11) is 0. The van der Waals surface area contributed by atoms with Gasteiger partial charge in [0.1, 0.15) is 18.2 Å². The van der Waals surface area contributed by atoms with E-state index in [1.807, 2.05) is 48.5 Å². The molecule has 0 bridgehead atoms. The summed E-state index contributed by atoms with van der Waals surface area (Å²) in [6.07, 6.45) is 1.93. The van der Waals surface area contributed by atoms with Gasteiger partial charge in [-0.15, -0.1) is 0 Å². The van der Waals surface area contributed by atoms with Gasteiger partial charge in [0, 0.05) is 24.5 Å². The average Bonchev–Trinajstić information content (AvgIpc) is 2.98. The maximum absolute atomic E-state index is 14.3. The van der Waals surface area contributed by atoms with Gasteiger partial charge in [0.05, 0.1) is 5.56 Å². The number of carboxylic acids is 2. The van der Waals surface area contributed by atoms with Crippen LogP contribution in [0.5, 0.6) is 5.75 Å². The van der Waals surface area contributed by atoms with Gasteiger partial charge < -0.3 is 14.9 Å². The topological polar surface area (TPSA) is 87.1 Å². The molecule has 0 radical (unpaired) electrons. The molecular formula is C34H33ClFNO5. The molecule has 0 spiro atoms. The van der Waals surface area contributed by atoms with Crippen molar-refractivity contribution in [2.24, 2.45) is 0 Å². The number of unbranched alkanes of at least 4 members (excludes halogenated alkanes) is 1. The number of rotatable bonds is 15. The molecule has 42 heavy (non-hydrogen) atoms. The SMILES string of the molecule is O=C(O)CCCCN(CCc1cc(F)ccc1COc1ccc(-c2ccc(Cl)cc2)cc1)Cc1ccc(C(=O)O)cc1. The van der Waals surface area contributed by atoms with E-state index in [0.717, 1.165) is 27.8 Å². The quantitative estimate of drug-likeness (QED) is 0.138. The van der Waals surface area contributed by atoms with Gasteiger partial charge >= 0.3 is 11.9 Å². The standard InChI is InChI=1S/C34H33ClFNO5/c35-30-13-8-25(9-14-30)26-11-16-32(17-12-26)42-23-29-10-15-31(36)21-28(29)18-20-37(19-2-1-3-33(38)39)22-24-4-6-27(7-5-24)34(40)41/h4-17,21H,1-3,18-20,22-23H2,(H,38,39)(H,40,41). The van der Waals surface area contributed by atoms with Crippen LogP contribution in [0.3, 0.4) is 0 Å². The van der Waals surface area contributed by atoms with Gasteiger partial charge in [-0.3, -0.25) is 9.69 Å². The third kappa shape index (κ3) is 9.43. The molecule has 0 atom stereocenters. The molecule has 6 nitrogen and oxygen atoms in total. The normalized spacial score (nSPS) is 11.0. The van der Waals surface area contributed by atoms with Crippen molar-refractivity contribution in [2.45, 2.75) is 38.8 Å². The minimum absolute atomic E-state index is 0.104. The Balaban J connectivity index is 1.40. The molecule has 0 aliphatic heterocycles. The molecule has 0 aromatic heterocycles. The molecule has 0 amide bonds. The molecule has 0 saturated heterocycles. The molecule has 0 fully saturated rings. The number of aliphatic carboxylic acids is 1. The summed E-state index contributed by atoms with van der Waals surface area (Å²) >= 11 is 5.99. The first-order valence-electron chi connectivity index (χ1n) is 13.8. The van der Waals surface area contributed by atoms with E-state index in [9.17, 15) is 19.1 Å². The van der Waals surface area contributed by atoms with Crippen LogP contribution >= 0.6 is 11.6 Å². The summed E-state index contributed by atoms with van der Waals surface area (Å²) in [5, 5.41) is 18.9. The van der Waals surface area contributed by atoms with Gasteiger partial charge in [-0.2, -0.15) is 0 Å². The molecule has 8 heteroatoms. The minimum Gasteiger partial charge on any atom is -0.489 e. The van der Waals surface area contributed by atoms with Crippen LogP contribution in [-0.2, 0) is 24.4 Å². The number of carboxylic acid groups (broad SMARTS) is 2. The molecular weight excluding hydrogens is 557 g/mol. The molecule has 0 aliphatic carbocycles. The molecule has 4 rings (SSSR count). The van der Waals surface area contributed by atoms with Crippen LogP contribution < -0.4 is 4.74 Å². The summed E-state index contributed by atoms with van der Waals surface area (Å²) < 4.78 is 20.3. The lowest BCUT2D eigenvalue weighted by Crippen LogP contribution is -2.27. The molecule has 0 heterocycles. The summed E-state index contributed by atoms with van der Waals surface area (Å²) in [5.41, 5.74) is 4.98. The third-order valence-electron chi connectivity index (χ3n) is 7.01. The van der Waals surface area contributed by atoms with Gasteiger partial charge in [0.15, 0.2) is 0 Å². The number of nitrogens with zero attached hydrogens (tertiary/aromatic N) is 1. The van der Waals surface area contributed by atoms with Crippen LogP contribution in [-0.4, -0.2) is 40.1 Å². The number of hydrogen-bond acceptors (Lipinski definition) is 4. The fourth-order valence-corrected chi connectivity index (χ4v) is 4.81. The zero-order valence-corrected chi connectivity index (χ0v) is 23.9. The fraction of sp³-hybridized carbons (Fsp3) is 0.235. The lowest BCUT2D eigenvalue weighted by molar-refractivity contribution is -0.137. The van der Waals surface area contributed by atoms with Gasteiger partial charge in [0.25, 0.3) is 0 Å². The highest BCUT2D eigenvalue weighted by Crippen LogP contribution is 2.25. The van der Waals surface area contributed by atoms with Crippen LogP contribution in [0.2, 0.25) is 5.02 Å². The lowest BCUT2D eigenvalue weighted by Gasteiger charge is -2.23. The molecule has 4 aromatic carbocycles. The first-order chi connectivity index (χ1) is 20.3. The van der Waals surface area contributed by atoms with Gasteiger partial charge in [-0.25, -0.2) is 9.18 Å². The second kappa shape index (κ2) is 15.1. The van der Waals surface area contributed by atoms with Gasteiger partial charge in [-0.05, 0) is 102 Å². The summed E-state index contributed by atoms with van der Waals surface area (Å²) in [6, 6.07) is 26.8. The van der Waals surface area contributed by atoms with Crippen molar-refractivity contribution in [3.63, 3.8) is 0 Å².